The minimum absolute atomic E-state index is 0.112. The summed E-state index contributed by atoms with van der Waals surface area (Å²) in [5.74, 6) is -1.19. The summed E-state index contributed by atoms with van der Waals surface area (Å²) in [5, 5.41) is 5.30. The molecule has 2 rings (SSSR count). The van der Waals surface area contributed by atoms with Gasteiger partial charge >= 0.3 is 6.03 Å². The molecular weight excluding hydrogens is 309 g/mol. The van der Waals surface area contributed by atoms with Gasteiger partial charge in [0.15, 0.2) is 0 Å². The van der Waals surface area contributed by atoms with Crippen molar-refractivity contribution in [1.29, 1.82) is 0 Å². The van der Waals surface area contributed by atoms with Crippen LogP contribution >= 0.6 is 11.6 Å². The van der Waals surface area contributed by atoms with Crippen molar-refractivity contribution >= 4 is 29.2 Å². The van der Waals surface area contributed by atoms with E-state index in [-0.39, 0.29) is 17.1 Å². The van der Waals surface area contributed by atoms with Gasteiger partial charge in [-0.25, -0.2) is 9.18 Å². The minimum atomic E-state index is -0.655. The zero-order chi connectivity index (χ0) is 16.1. The maximum Gasteiger partial charge on any atom is 0.316 e. The number of carbonyl (C=O) groups is 2. The molecule has 7 heteroatoms. The lowest BCUT2D eigenvalue weighted by Gasteiger charge is -2.08. The maximum atomic E-state index is 13.5. The lowest BCUT2D eigenvalue weighted by Crippen LogP contribution is -2.24. The summed E-state index contributed by atoms with van der Waals surface area (Å²) >= 11 is 5.75. The van der Waals surface area contributed by atoms with Gasteiger partial charge in [0, 0.05) is 17.3 Å². The second-order valence-electron chi connectivity index (χ2n) is 4.49. The van der Waals surface area contributed by atoms with Crippen molar-refractivity contribution in [2.24, 2.45) is 5.73 Å². The first-order valence-corrected chi connectivity index (χ1v) is 6.72. The molecule has 2 aromatic carbocycles. The highest BCUT2D eigenvalue weighted by Gasteiger charge is 2.11. The molecule has 0 unspecified atom stereocenters. The fourth-order valence-corrected chi connectivity index (χ4v) is 1.97. The zero-order valence-corrected chi connectivity index (χ0v) is 12.2. The molecule has 0 aliphatic heterocycles. The van der Waals surface area contributed by atoms with Gasteiger partial charge in [-0.05, 0) is 35.9 Å². The third-order valence-electron chi connectivity index (χ3n) is 2.85. The van der Waals surface area contributed by atoms with E-state index in [2.05, 4.69) is 10.6 Å². The van der Waals surface area contributed by atoms with Gasteiger partial charge in [0.05, 0.1) is 5.56 Å². The normalized spacial score (nSPS) is 10.1. The number of nitrogens with one attached hydrogen (secondary N) is 2. The fraction of sp³-hybridized carbons (Fsp3) is 0.0667. The van der Waals surface area contributed by atoms with Gasteiger partial charge in [-0.1, -0.05) is 23.7 Å². The number of halogens is 2. The predicted molar refractivity (Wildman–Crippen MR) is 82.2 cm³/mol. The summed E-state index contributed by atoms with van der Waals surface area (Å²) < 4.78 is 13.5. The molecule has 0 spiro atoms. The van der Waals surface area contributed by atoms with Crippen molar-refractivity contribution in [3.8, 4) is 0 Å². The summed E-state index contributed by atoms with van der Waals surface area (Å²) in [4.78, 5) is 22.6. The second kappa shape index (κ2) is 6.91. The Balaban J connectivity index is 1.99. The number of hydrogen-bond donors (Lipinski definition) is 3. The summed E-state index contributed by atoms with van der Waals surface area (Å²) in [6.07, 6.45) is 0. The van der Waals surface area contributed by atoms with Crippen molar-refractivity contribution in [1.82, 2.24) is 5.32 Å². The molecule has 0 aliphatic carbocycles. The molecule has 5 nitrogen and oxygen atoms in total. The lowest BCUT2D eigenvalue weighted by atomic mass is 10.1. The summed E-state index contributed by atoms with van der Waals surface area (Å²) in [5.41, 5.74) is 6.21. The highest BCUT2D eigenvalue weighted by molar-refractivity contribution is 6.31. The van der Waals surface area contributed by atoms with Gasteiger partial charge in [0.25, 0.3) is 5.91 Å². The molecule has 0 radical (unpaired) electrons. The maximum absolute atomic E-state index is 13.5. The molecule has 0 saturated carbocycles. The van der Waals surface area contributed by atoms with Crippen LogP contribution in [0.25, 0.3) is 0 Å². The molecule has 0 heterocycles. The molecule has 3 amide bonds. The van der Waals surface area contributed by atoms with Crippen molar-refractivity contribution in [2.75, 3.05) is 5.32 Å². The van der Waals surface area contributed by atoms with Crippen LogP contribution in [0.4, 0.5) is 14.9 Å². The summed E-state index contributed by atoms with van der Waals surface area (Å²) in [7, 11) is 0. The Kier molecular flexibility index (Phi) is 4.95. The Bertz CT molecular complexity index is 704. The molecule has 114 valence electrons. The fourth-order valence-electron chi connectivity index (χ4n) is 1.80. The van der Waals surface area contributed by atoms with Crippen LogP contribution in [0.5, 0.6) is 0 Å². The SMILES string of the molecule is NC(=O)Nc1ccc(CNC(=O)c2cc(Cl)ccc2F)cc1. The number of rotatable bonds is 4. The quantitative estimate of drug-likeness (QED) is 0.809. The Morgan fingerprint density at radius 2 is 1.82 bits per heavy atom. The largest absolute Gasteiger partial charge is 0.351 e. The van der Waals surface area contributed by atoms with Crippen LogP contribution in [0, 0.1) is 5.82 Å². The topological polar surface area (TPSA) is 84.2 Å². The van der Waals surface area contributed by atoms with E-state index in [4.69, 9.17) is 17.3 Å². The Morgan fingerprint density at radius 3 is 2.45 bits per heavy atom. The van der Waals surface area contributed by atoms with Crippen LogP contribution in [0.3, 0.4) is 0 Å². The van der Waals surface area contributed by atoms with E-state index < -0.39 is 17.8 Å². The number of hydrogen-bond acceptors (Lipinski definition) is 2. The average molecular weight is 322 g/mol. The molecule has 0 aromatic heterocycles. The molecular formula is C15H13ClFN3O2. The van der Waals surface area contributed by atoms with Crippen LogP contribution in [-0.4, -0.2) is 11.9 Å². The van der Waals surface area contributed by atoms with E-state index in [1.165, 1.54) is 12.1 Å². The van der Waals surface area contributed by atoms with E-state index in [9.17, 15) is 14.0 Å². The van der Waals surface area contributed by atoms with Crippen LogP contribution in [0.15, 0.2) is 42.5 Å². The van der Waals surface area contributed by atoms with Crippen LogP contribution in [-0.2, 0) is 6.54 Å². The van der Waals surface area contributed by atoms with Crippen LogP contribution in [0.1, 0.15) is 15.9 Å². The van der Waals surface area contributed by atoms with Gasteiger partial charge in [0.1, 0.15) is 5.82 Å². The number of benzene rings is 2. The summed E-state index contributed by atoms with van der Waals surface area (Å²) in [6.45, 7) is 0.210. The molecule has 0 atom stereocenters. The van der Waals surface area contributed by atoms with Gasteiger partial charge in [-0.3, -0.25) is 4.79 Å². The summed E-state index contributed by atoms with van der Waals surface area (Å²) in [6, 6.07) is 9.83. The highest BCUT2D eigenvalue weighted by atomic mass is 35.5. The second-order valence-corrected chi connectivity index (χ2v) is 4.93. The standard InChI is InChI=1S/C15H13ClFN3O2/c16-10-3-6-13(17)12(7-10)14(21)19-8-9-1-4-11(5-2-9)20-15(18)22/h1-7H,8H2,(H,19,21)(H3,18,20,22). The molecule has 0 aliphatic rings. The number of nitrogens with two attached hydrogens (primary N) is 1. The van der Waals surface area contributed by atoms with Crippen molar-refractivity contribution in [2.45, 2.75) is 6.54 Å². The van der Waals surface area contributed by atoms with Gasteiger partial charge < -0.3 is 16.4 Å². The average Bonchev–Trinajstić information content (AvgIpc) is 2.48. The lowest BCUT2D eigenvalue weighted by molar-refractivity contribution is 0.0947. The van der Waals surface area contributed by atoms with Gasteiger partial charge in [-0.2, -0.15) is 0 Å². The van der Waals surface area contributed by atoms with Crippen LogP contribution in [0.2, 0.25) is 5.02 Å². The molecule has 4 N–H and O–H groups in total. The van der Waals surface area contributed by atoms with Crippen molar-refractivity contribution in [3.63, 3.8) is 0 Å². The minimum Gasteiger partial charge on any atom is -0.351 e. The van der Waals surface area contributed by atoms with E-state index in [1.54, 1.807) is 24.3 Å². The molecule has 2 aromatic rings. The number of carbonyl (C=O) groups excluding carboxylic acids is 2. The number of urea groups is 1. The molecule has 0 fully saturated rings. The van der Waals surface area contributed by atoms with Gasteiger partial charge in [0.2, 0.25) is 0 Å². The zero-order valence-electron chi connectivity index (χ0n) is 11.4. The predicted octanol–water partition coefficient (Wildman–Crippen LogP) is 2.90. The molecule has 22 heavy (non-hydrogen) atoms. The Morgan fingerprint density at radius 1 is 1.14 bits per heavy atom. The van der Waals surface area contributed by atoms with Crippen LogP contribution < -0.4 is 16.4 Å². The number of primary amides is 1. The first-order chi connectivity index (χ1) is 10.5. The third-order valence-corrected chi connectivity index (χ3v) is 3.08. The Labute approximate surface area is 131 Å². The monoisotopic (exact) mass is 321 g/mol. The van der Waals surface area contributed by atoms with E-state index in [0.717, 1.165) is 11.6 Å². The van der Waals surface area contributed by atoms with E-state index in [0.29, 0.717) is 5.69 Å². The molecule has 0 bridgehead atoms. The van der Waals surface area contributed by atoms with Crippen molar-refractivity contribution in [3.05, 3.63) is 64.4 Å². The van der Waals surface area contributed by atoms with E-state index >= 15 is 0 Å². The Hall–Kier alpha value is -2.60. The number of amides is 3. The van der Waals surface area contributed by atoms with Gasteiger partial charge in [-0.15, -0.1) is 0 Å². The smallest absolute Gasteiger partial charge is 0.316 e. The third kappa shape index (κ3) is 4.20. The highest BCUT2D eigenvalue weighted by Crippen LogP contribution is 2.15. The van der Waals surface area contributed by atoms with E-state index in [1.807, 2.05) is 0 Å². The first-order valence-electron chi connectivity index (χ1n) is 6.34. The number of anilines is 1. The van der Waals surface area contributed by atoms with Crippen molar-refractivity contribution < 1.29 is 14.0 Å². The molecule has 0 saturated heterocycles. The first kappa shape index (κ1) is 15.8.